The summed E-state index contributed by atoms with van der Waals surface area (Å²) < 4.78 is 22.3. The van der Waals surface area contributed by atoms with Gasteiger partial charge in [-0.15, -0.1) is 0 Å². The Morgan fingerprint density at radius 1 is 1.19 bits per heavy atom. The fourth-order valence-electron chi connectivity index (χ4n) is 2.24. The van der Waals surface area contributed by atoms with Crippen LogP contribution in [0.3, 0.4) is 0 Å². The lowest BCUT2D eigenvalue weighted by atomic mass is 10.2. The zero-order valence-electron chi connectivity index (χ0n) is 14.4. The largest absolute Gasteiger partial charge is 0.380 e. The average molecular weight is 396 g/mol. The van der Waals surface area contributed by atoms with Crippen LogP contribution >= 0.6 is 11.6 Å². The quantitative estimate of drug-likeness (QED) is 0.637. The number of hydrogen-bond acceptors (Lipinski definition) is 5. The van der Waals surface area contributed by atoms with Crippen molar-refractivity contribution in [3.63, 3.8) is 0 Å². The first-order valence-electron chi connectivity index (χ1n) is 8.06. The molecule has 1 atom stereocenters. The second-order valence-corrected chi connectivity index (χ2v) is 8.72. The monoisotopic (exact) mass is 395 g/mol. The van der Waals surface area contributed by atoms with Gasteiger partial charge < -0.3 is 16.4 Å². The normalized spacial score (nSPS) is 12.4. The van der Waals surface area contributed by atoms with E-state index in [1.54, 1.807) is 18.2 Å². The molecule has 4 N–H and O–H groups in total. The molecule has 0 aliphatic carbocycles. The number of anilines is 2. The van der Waals surface area contributed by atoms with Gasteiger partial charge >= 0.3 is 0 Å². The van der Waals surface area contributed by atoms with Crippen molar-refractivity contribution in [2.45, 2.75) is 19.0 Å². The smallest absolute Gasteiger partial charge is 0.241 e. The van der Waals surface area contributed by atoms with Crippen molar-refractivity contribution in [3.05, 3.63) is 59.1 Å². The fourth-order valence-corrected chi connectivity index (χ4v) is 3.17. The highest BCUT2D eigenvalue weighted by molar-refractivity contribution is 7.90. The molecule has 0 saturated carbocycles. The first-order valence-corrected chi connectivity index (χ1v) is 10.5. The summed E-state index contributed by atoms with van der Waals surface area (Å²) >= 11 is 6.26. The molecule has 0 bridgehead atoms. The number of sulfone groups is 1. The Labute approximate surface area is 158 Å². The minimum atomic E-state index is -3.16. The van der Waals surface area contributed by atoms with Crippen molar-refractivity contribution in [2.75, 3.05) is 22.6 Å². The van der Waals surface area contributed by atoms with Crippen LogP contribution in [0.5, 0.6) is 0 Å². The number of halogens is 1. The molecule has 0 saturated heterocycles. The molecule has 8 heteroatoms. The third-order valence-electron chi connectivity index (χ3n) is 3.70. The number of nitrogens with two attached hydrogens (primary N) is 1. The predicted molar refractivity (Wildman–Crippen MR) is 106 cm³/mol. The van der Waals surface area contributed by atoms with Gasteiger partial charge in [-0.1, -0.05) is 41.9 Å². The van der Waals surface area contributed by atoms with Crippen LogP contribution in [0.15, 0.2) is 48.5 Å². The lowest BCUT2D eigenvalue weighted by molar-refractivity contribution is -0.117. The van der Waals surface area contributed by atoms with Crippen LogP contribution in [-0.2, 0) is 21.2 Å². The van der Waals surface area contributed by atoms with Gasteiger partial charge in [-0.05, 0) is 30.2 Å². The highest BCUT2D eigenvalue weighted by Gasteiger charge is 2.16. The Bertz CT molecular complexity index is 857. The lowest BCUT2D eigenvalue weighted by Crippen LogP contribution is -2.37. The zero-order chi connectivity index (χ0) is 19.2. The minimum absolute atomic E-state index is 0.0646. The summed E-state index contributed by atoms with van der Waals surface area (Å²) in [5.41, 5.74) is 8.10. The van der Waals surface area contributed by atoms with E-state index in [1.165, 1.54) is 0 Å². The molecule has 6 nitrogen and oxygen atoms in total. The summed E-state index contributed by atoms with van der Waals surface area (Å²) in [5.74, 6) is -0.584. The van der Waals surface area contributed by atoms with E-state index in [1.807, 2.05) is 30.3 Å². The molecule has 0 fully saturated rings. The molecule has 0 aliphatic rings. The van der Waals surface area contributed by atoms with Crippen LogP contribution in [0.1, 0.15) is 12.0 Å². The van der Waals surface area contributed by atoms with Crippen LogP contribution in [0.2, 0.25) is 5.02 Å². The number of carbonyl (C=O) groups is 1. The standard InChI is InChI=1S/C18H22ClN3O3S/c1-26(24,25)10-9-16(20)18(23)22-14-7-8-17(15(19)11-14)21-12-13-5-3-2-4-6-13/h2-8,11,16,21H,9-10,12,20H2,1H3,(H,22,23). The first kappa shape index (κ1) is 20.2. The van der Waals surface area contributed by atoms with Crippen LogP contribution in [0, 0.1) is 0 Å². The maximum absolute atomic E-state index is 12.0. The second kappa shape index (κ2) is 9.02. The average Bonchev–Trinajstić information content (AvgIpc) is 2.59. The van der Waals surface area contributed by atoms with Crippen molar-refractivity contribution in [1.82, 2.24) is 0 Å². The van der Waals surface area contributed by atoms with Crippen LogP contribution in [0.4, 0.5) is 11.4 Å². The van der Waals surface area contributed by atoms with Gasteiger partial charge in [0.2, 0.25) is 5.91 Å². The van der Waals surface area contributed by atoms with Crippen LogP contribution < -0.4 is 16.4 Å². The molecule has 0 aliphatic heterocycles. The maximum atomic E-state index is 12.0. The van der Waals surface area contributed by atoms with E-state index >= 15 is 0 Å². The van der Waals surface area contributed by atoms with Crippen molar-refractivity contribution in [1.29, 1.82) is 0 Å². The van der Waals surface area contributed by atoms with E-state index in [4.69, 9.17) is 17.3 Å². The summed E-state index contributed by atoms with van der Waals surface area (Å²) in [5, 5.41) is 6.34. The SMILES string of the molecule is CS(=O)(=O)CCC(N)C(=O)Nc1ccc(NCc2ccccc2)c(Cl)c1. The second-order valence-electron chi connectivity index (χ2n) is 6.05. The first-order chi connectivity index (χ1) is 12.2. The van der Waals surface area contributed by atoms with E-state index in [0.717, 1.165) is 17.5 Å². The predicted octanol–water partition coefficient (Wildman–Crippen LogP) is 2.65. The highest BCUT2D eigenvalue weighted by Crippen LogP contribution is 2.26. The zero-order valence-corrected chi connectivity index (χ0v) is 16.0. The lowest BCUT2D eigenvalue weighted by Gasteiger charge is -2.14. The van der Waals surface area contributed by atoms with E-state index in [-0.39, 0.29) is 12.2 Å². The number of nitrogens with one attached hydrogen (secondary N) is 2. The Morgan fingerprint density at radius 2 is 1.88 bits per heavy atom. The molecule has 0 aromatic heterocycles. The molecular weight excluding hydrogens is 374 g/mol. The summed E-state index contributed by atoms with van der Waals surface area (Å²) in [6, 6.07) is 14.1. The summed E-state index contributed by atoms with van der Waals surface area (Å²) in [4.78, 5) is 12.0. The third kappa shape index (κ3) is 6.67. The van der Waals surface area contributed by atoms with Gasteiger partial charge in [-0.3, -0.25) is 4.79 Å². The molecule has 2 aromatic carbocycles. The van der Waals surface area contributed by atoms with Crippen LogP contribution in [0.25, 0.3) is 0 Å². The Morgan fingerprint density at radius 3 is 2.50 bits per heavy atom. The number of amides is 1. The van der Waals surface area contributed by atoms with Gasteiger partial charge in [0.15, 0.2) is 0 Å². The molecule has 2 aromatic rings. The third-order valence-corrected chi connectivity index (χ3v) is 4.99. The molecule has 0 radical (unpaired) electrons. The molecule has 2 rings (SSSR count). The summed E-state index contributed by atoms with van der Waals surface area (Å²) in [6.45, 7) is 0.628. The Hall–Kier alpha value is -2.09. The van der Waals surface area contributed by atoms with E-state index in [0.29, 0.717) is 17.3 Å². The van der Waals surface area contributed by atoms with Gasteiger partial charge in [-0.2, -0.15) is 0 Å². The van der Waals surface area contributed by atoms with E-state index < -0.39 is 21.8 Å². The van der Waals surface area contributed by atoms with Gasteiger partial charge in [0.25, 0.3) is 0 Å². The Kier molecular flexibility index (Phi) is 7.02. The fraction of sp³-hybridized carbons (Fsp3) is 0.278. The van der Waals surface area contributed by atoms with E-state index in [9.17, 15) is 13.2 Å². The number of benzene rings is 2. The molecule has 26 heavy (non-hydrogen) atoms. The van der Waals surface area contributed by atoms with Crippen LogP contribution in [-0.4, -0.2) is 32.4 Å². The van der Waals surface area contributed by atoms with Gasteiger partial charge in [-0.25, -0.2) is 8.42 Å². The molecule has 0 heterocycles. The Balaban J connectivity index is 1.92. The number of rotatable bonds is 8. The highest BCUT2D eigenvalue weighted by atomic mass is 35.5. The molecular formula is C18H22ClN3O3S. The molecule has 140 valence electrons. The van der Waals surface area contributed by atoms with Gasteiger partial charge in [0.1, 0.15) is 9.84 Å². The van der Waals surface area contributed by atoms with Crippen molar-refractivity contribution in [2.24, 2.45) is 5.73 Å². The van der Waals surface area contributed by atoms with E-state index in [2.05, 4.69) is 10.6 Å². The molecule has 1 unspecified atom stereocenters. The van der Waals surface area contributed by atoms with Crippen molar-refractivity contribution < 1.29 is 13.2 Å². The topological polar surface area (TPSA) is 101 Å². The summed E-state index contributed by atoms with van der Waals surface area (Å²) in [7, 11) is -3.16. The van der Waals surface area contributed by atoms with Crippen molar-refractivity contribution >= 4 is 38.7 Å². The minimum Gasteiger partial charge on any atom is -0.380 e. The van der Waals surface area contributed by atoms with Gasteiger partial charge in [0.05, 0.1) is 22.5 Å². The maximum Gasteiger partial charge on any atom is 0.241 e. The molecule has 1 amide bonds. The summed E-state index contributed by atoms with van der Waals surface area (Å²) in [6.07, 6.45) is 1.17. The van der Waals surface area contributed by atoms with Gasteiger partial charge in [0, 0.05) is 18.5 Å². The van der Waals surface area contributed by atoms with Crippen molar-refractivity contribution in [3.8, 4) is 0 Å². The number of carbonyl (C=O) groups excluding carboxylic acids is 1. The number of hydrogen-bond donors (Lipinski definition) is 3. The molecule has 0 spiro atoms.